The van der Waals surface area contributed by atoms with E-state index in [9.17, 15) is 9.59 Å². The summed E-state index contributed by atoms with van der Waals surface area (Å²) in [7, 11) is 0. The van der Waals surface area contributed by atoms with Crippen molar-refractivity contribution in [1.29, 1.82) is 0 Å². The summed E-state index contributed by atoms with van der Waals surface area (Å²) in [5.41, 5.74) is 0.108. The van der Waals surface area contributed by atoms with Crippen LogP contribution in [0.25, 0.3) is 0 Å². The SMILES string of the molecule is CC(CC(C)(C)C)C(=O)OC(=O)C(C)CC(C)(C)C. The molecule has 0 heterocycles. The van der Waals surface area contributed by atoms with Crippen LogP contribution >= 0.6 is 0 Å². The molecule has 3 heteroatoms. The molecule has 2 atom stereocenters. The van der Waals surface area contributed by atoms with E-state index in [0.29, 0.717) is 12.8 Å². The van der Waals surface area contributed by atoms with Crippen molar-refractivity contribution in [3.05, 3.63) is 0 Å². The van der Waals surface area contributed by atoms with Crippen LogP contribution in [0.4, 0.5) is 0 Å². The Morgan fingerprint density at radius 3 is 1.26 bits per heavy atom. The second kappa shape index (κ2) is 6.53. The molecule has 0 aliphatic rings. The molecule has 0 fully saturated rings. The molecule has 19 heavy (non-hydrogen) atoms. The zero-order valence-electron chi connectivity index (χ0n) is 13.8. The molecule has 0 N–H and O–H groups in total. The standard InChI is InChI=1S/C16H30O3/c1-11(9-15(3,4)5)13(17)19-14(18)12(2)10-16(6,7)8/h11-12H,9-10H2,1-8H3. The number of esters is 2. The summed E-state index contributed by atoms with van der Waals surface area (Å²) < 4.78 is 4.99. The largest absolute Gasteiger partial charge is 0.393 e. The maximum absolute atomic E-state index is 11.9. The van der Waals surface area contributed by atoms with Crippen molar-refractivity contribution in [3.63, 3.8) is 0 Å². The molecule has 0 amide bonds. The molecule has 112 valence electrons. The highest BCUT2D eigenvalue weighted by atomic mass is 16.6. The Balaban J connectivity index is 4.37. The van der Waals surface area contributed by atoms with Gasteiger partial charge in [0.1, 0.15) is 0 Å². The predicted molar refractivity (Wildman–Crippen MR) is 77.6 cm³/mol. The van der Waals surface area contributed by atoms with Gasteiger partial charge < -0.3 is 4.74 Å². The number of ether oxygens (including phenoxy) is 1. The first-order valence-corrected chi connectivity index (χ1v) is 7.07. The monoisotopic (exact) mass is 270 g/mol. The average molecular weight is 270 g/mol. The first kappa shape index (κ1) is 18.1. The van der Waals surface area contributed by atoms with Crippen LogP contribution in [0.3, 0.4) is 0 Å². The maximum Gasteiger partial charge on any atom is 0.316 e. The summed E-state index contributed by atoms with van der Waals surface area (Å²) in [6, 6.07) is 0. The summed E-state index contributed by atoms with van der Waals surface area (Å²) in [5.74, 6) is -1.29. The third-order valence-corrected chi connectivity index (χ3v) is 2.84. The molecule has 0 rings (SSSR count). The van der Waals surface area contributed by atoms with Crippen LogP contribution in [0.2, 0.25) is 0 Å². The van der Waals surface area contributed by atoms with E-state index < -0.39 is 11.9 Å². The molecule has 0 aliphatic carbocycles. The lowest BCUT2D eigenvalue weighted by molar-refractivity contribution is -0.166. The van der Waals surface area contributed by atoms with Crippen LogP contribution in [0.1, 0.15) is 68.2 Å². The van der Waals surface area contributed by atoms with Gasteiger partial charge in [0.05, 0.1) is 11.8 Å². The molecule has 0 radical (unpaired) electrons. The van der Waals surface area contributed by atoms with Crippen LogP contribution in [-0.2, 0) is 14.3 Å². The van der Waals surface area contributed by atoms with Gasteiger partial charge in [0.15, 0.2) is 0 Å². The van der Waals surface area contributed by atoms with Crippen LogP contribution in [0.5, 0.6) is 0 Å². The minimum atomic E-state index is -0.402. The molecule has 3 nitrogen and oxygen atoms in total. The van der Waals surface area contributed by atoms with Crippen molar-refractivity contribution in [3.8, 4) is 0 Å². The summed E-state index contributed by atoms with van der Waals surface area (Å²) >= 11 is 0. The summed E-state index contributed by atoms with van der Waals surface area (Å²) in [6.07, 6.45) is 1.43. The Bertz CT molecular complexity index is 286. The topological polar surface area (TPSA) is 43.4 Å². The predicted octanol–water partition coefficient (Wildman–Crippen LogP) is 4.20. The van der Waals surface area contributed by atoms with E-state index in [2.05, 4.69) is 41.5 Å². The normalized spacial score (nSPS) is 15.8. The van der Waals surface area contributed by atoms with Gasteiger partial charge in [-0.05, 0) is 23.7 Å². The van der Waals surface area contributed by atoms with Gasteiger partial charge in [-0.3, -0.25) is 9.59 Å². The number of hydrogen-bond acceptors (Lipinski definition) is 3. The lowest BCUT2D eigenvalue weighted by Gasteiger charge is -2.24. The average Bonchev–Trinajstić information content (AvgIpc) is 2.11. The Morgan fingerprint density at radius 2 is 1.05 bits per heavy atom. The van der Waals surface area contributed by atoms with Gasteiger partial charge in [0, 0.05) is 0 Å². The number of carbonyl (C=O) groups is 2. The fourth-order valence-corrected chi connectivity index (χ4v) is 2.30. The fraction of sp³-hybridized carbons (Fsp3) is 0.875. The fourth-order valence-electron chi connectivity index (χ4n) is 2.30. The first-order chi connectivity index (χ1) is 8.32. The van der Waals surface area contributed by atoms with E-state index in [1.54, 1.807) is 0 Å². The molecule has 0 spiro atoms. The van der Waals surface area contributed by atoms with Gasteiger partial charge in [0.2, 0.25) is 0 Å². The molecule has 0 saturated carbocycles. The van der Waals surface area contributed by atoms with Crippen molar-refractivity contribution < 1.29 is 14.3 Å². The Morgan fingerprint density at radius 1 is 0.789 bits per heavy atom. The molecule has 0 aliphatic heterocycles. The Hall–Kier alpha value is -0.860. The van der Waals surface area contributed by atoms with E-state index >= 15 is 0 Å². The van der Waals surface area contributed by atoms with Crippen LogP contribution in [0.15, 0.2) is 0 Å². The van der Waals surface area contributed by atoms with Crippen molar-refractivity contribution in [2.24, 2.45) is 22.7 Å². The first-order valence-electron chi connectivity index (χ1n) is 7.07. The van der Waals surface area contributed by atoms with Gasteiger partial charge in [0.25, 0.3) is 0 Å². The van der Waals surface area contributed by atoms with Gasteiger partial charge in [-0.15, -0.1) is 0 Å². The van der Waals surface area contributed by atoms with E-state index in [1.807, 2.05) is 13.8 Å². The highest BCUT2D eigenvalue weighted by Gasteiger charge is 2.27. The lowest BCUT2D eigenvalue weighted by Crippen LogP contribution is -2.27. The lowest BCUT2D eigenvalue weighted by atomic mass is 9.85. The van der Waals surface area contributed by atoms with Crippen molar-refractivity contribution >= 4 is 11.9 Å². The van der Waals surface area contributed by atoms with E-state index in [1.165, 1.54) is 0 Å². The smallest absolute Gasteiger partial charge is 0.316 e. The molecular formula is C16H30O3. The van der Waals surface area contributed by atoms with Gasteiger partial charge in [-0.1, -0.05) is 55.4 Å². The minimum Gasteiger partial charge on any atom is -0.393 e. The third-order valence-electron chi connectivity index (χ3n) is 2.84. The number of carbonyl (C=O) groups excluding carboxylic acids is 2. The van der Waals surface area contributed by atoms with Gasteiger partial charge in [-0.25, -0.2) is 0 Å². The summed E-state index contributed by atoms with van der Waals surface area (Å²) in [6.45, 7) is 16.1. The molecule has 0 saturated heterocycles. The Kier molecular flexibility index (Phi) is 6.24. The van der Waals surface area contributed by atoms with E-state index in [0.717, 1.165) is 0 Å². The van der Waals surface area contributed by atoms with Crippen LogP contribution in [-0.4, -0.2) is 11.9 Å². The summed E-state index contributed by atoms with van der Waals surface area (Å²) in [5, 5.41) is 0. The zero-order valence-corrected chi connectivity index (χ0v) is 13.8. The highest BCUT2D eigenvalue weighted by Crippen LogP contribution is 2.27. The van der Waals surface area contributed by atoms with Gasteiger partial charge in [-0.2, -0.15) is 0 Å². The van der Waals surface area contributed by atoms with Crippen LogP contribution in [0, 0.1) is 22.7 Å². The minimum absolute atomic E-state index is 0.0541. The van der Waals surface area contributed by atoms with Crippen molar-refractivity contribution in [2.45, 2.75) is 68.2 Å². The molecule has 0 aromatic carbocycles. The number of rotatable bonds is 4. The second-order valence-corrected chi connectivity index (χ2v) is 8.07. The molecule has 0 bridgehead atoms. The molecule has 2 unspecified atom stereocenters. The van der Waals surface area contributed by atoms with E-state index in [4.69, 9.17) is 4.74 Å². The van der Waals surface area contributed by atoms with Crippen molar-refractivity contribution in [1.82, 2.24) is 0 Å². The second-order valence-electron chi connectivity index (χ2n) is 8.07. The highest BCUT2D eigenvalue weighted by molar-refractivity contribution is 5.87. The van der Waals surface area contributed by atoms with Gasteiger partial charge >= 0.3 is 11.9 Å². The van der Waals surface area contributed by atoms with Crippen LogP contribution < -0.4 is 0 Å². The van der Waals surface area contributed by atoms with Crippen molar-refractivity contribution in [2.75, 3.05) is 0 Å². The molecular weight excluding hydrogens is 240 g/mol. The Labute approximate surface area is 118 Å². The quantitative estimate of drug-likeness (QED) is 0.568. The zero-order chi connectivity index (χ0) is 15.4. The third kappa shape index (κ3) is 8.79. The molecule has 0 aromatic rings. The summed E-state index contributed by atoms with van der Waals surface area (Å²) in [4.78, 5) is 23.7. The maximum atomic E-state index is 11.9. The number of hydrogen-bond donors (Lipinski definition) is 0. The molecule has 0 aromatic heterocycles. The van der Waals surface area contributed by atoms with E-state index in [-0.39, 0.29) is 22.7 Å².